The maximum absolute atomic E-state index is 5.81. The first-order valence-electron chi connectivity index (χ1n) is 5.48. The fraction of sp³-hybridized carbons (Fsp3) is 0.500. The van der Waals surface area contributed by atoms with Crippen LogP contribution in [-0.4, -0.2) is 13.2 Å². The Morgan fingerprint density at radius 1 is 1.31 bits per heavy atom. The lowest BCUT2D eigenvalue weighted by atomic mass is 9.96. The lowest BCUT2D eigenvalue weighted by Gasteiger charge is -2.27. The molecule has 1 aliphatic carbocycles. The first-order valence-corrected chi connectivity index (χ1v) is 5.48. The van der Waals surface area contributed by atoms with E-state index in [1.807, 2.05) is 18.2 Å². The van der Waals surface area contributed by atoms with Crippen LogP contribution < -0.4 is 15.4 Å². The third-order valence-corrected chi connectivity index (χ3v) is 2.82. The van der Waals surface area contributed by atoms with Crippen LogP contribution >= 0.6 is 0 Å². The molecule has 0 unspecified atom stereocenters. The Kier molecular flexibility index (Phi) is 3.64. The van der Waals surface area contributed by atoms with E-state index in [2.05, 4.69) is 4.84 Å². The quantitative estimate of drug-likeness (QED) is 0.776. The molecule has 4 nitrogen and oxygen atoms in total. The molecule has 2 rings (SSSR count). The molecule has 0 bridgehead atoms. The molecule has 1 fully saturated rings. The molecule has 0 saturated heterocycles. The number of methoxy groups -OCH3 is 1. The minimum atomic E-state index is 0.352. The van der Waals surface area contributed by atoms with E-state index < -0.39 is 0 Å². The van der Waals surface area contributed by atoms with Gasteiger partial charge in [0, 0.05) is 0 Å². The summed E-state index contributed by atoms with van der Waals surface area (Å²) >= 11 is 0. The van der Waals surface area contributed by atoms with Crippen LogP contribution in [-0.2, 0) is 11.4 Å². The van der Waals surface area contributed by atoms with Gasteiger partial charge in [0.15, 0.2) is 11.5 Å². The predicted octanol–water partition coefficient (Wildman–Crippen LogP) is 2.02. The number of ether oxygens (including phenoxy) is 2. The van der Waals surface area contributed by atoms with Crippen molar-refractivity contribution < 1.29 is 14.3 Å². The van der Waals surface area contributed by atoms with Crippen LogP contribution in [0.25, 0.3) is 0 Å². The summed E-state index contributed by atoms with van der Waals surface area (Å²) in [5.41, 5.74) is 0.973. The molecule has 2 N–H and O–H groups in total. The van der Waals surface area contributed by atoms with E-state index in [0.717, 1.165) is 29.9 Å². The molecule has 16 heavy (non-hydrogen) atoms. The fourth-order valence-electron chi connectivity index (χ4n) is 1.66. The molecule has 0 amide bonds. The van der Waals surface area contributed by atoms with Gasteiger partial charge in [-0.2, -0.15) is 0 Å². The third kappa shape index (κ3) is 2.46. The summed E-state index contributed by atoms with van der Waals surface area (Å²) in [5, 5.41) is 0. The molecular weight excluding hydrogens is 206 g/mol. The van der Waals surface area contributed by atoms with Crippen molar-refractivity contribution in [2.45, 2.75) is 32.0 Å². The van der Waals surface area contributed by atoms with Crippen molar-refractivity contribution in [2.24, 2.45) is 5.90 Å². The van der Waals surface area contributed by atoms with E-state index in [4.69, 9.17) is 15.4 Å². The lowest BCUT2D eigenvalue weighted by molar-refractivity contribution is 0.114. The second-order valence-corrected chi connectivity index (χ2v) is 3.97. The second kappa shape index (κ2) is 5.18. The third-order valence-electron chi connectivity index (χ3n) is 2.82. The molecule has 1 aromatic rings. The number of benzene rings is 1. The molecule has 0 aromatic heterocycles. The normalized spacial score (nSPS) is 15.6. The highest BCUT2D eigenvalue weighted by atomic mass is 16.6. The predicted molar refractivity (Wildman–Crippen MR) is 60.2 cm³/mol. The molecular formula is C12H17NO3. The van der Waals surface area contributed by atoms with Crippen LogP contribution in [0.5, 0.6) is 11.5 Å². The second-order valence-electron chi connectivity index (χ2n) is 3.97. The van der Waals surface area contributed by atoms with Gasteiger partial charge >= 0.3 is 0 Å². The van der Waals surface area contributed by atoms with E-state index in [-0.39, 0.29) is 0 Å². The van der Waals surface area contributed by atoms with Crippen molar-refractivity contribution in [3.63, 3.8) is 0 Å². The van der Waals surface area contributed by atoms with Gasteiger partial charge in [0.1, 0.15) is 0 Å². The molecule has 0 radical (unpaired) electrons. The summed E-state index contributed by atoms with van der Waals surface area (Å²) in [4.78, 5) is 4.58. The van der Waals surface area contributed by atoms with Gasteiger partial charge in [-0.3, -0.25) is 4.84 Å². The van der Waals surface area contributed by atoms with E-state index in [0.29, 0.717) is 12.7 Å². The highest BCUT2D eigenvalue weighted by molar-refractivity contribution is 5.43. The van der Waals surface area contributed by atoms with Gasteiger partial charge in [-0.25, -0.2) is 5.90 Å². The summed E-state index contributed by atoms with van der Waals surface area (Å²) in [5.74, 6) is 6.57. The zero-order valence-electron chi connectivity index (χ0n) is 9.44. The Morgan fingerprint density at radius 3 is 2.69 bits per heavy atom. The van der Waals surface area contributed by atoms with Crippen molar-refractivity contribution in [1.29, 1.82) is 0 Å². The van der Waals surface area contributed by atoms with Crippen LogP contribution in [0.2, 0.25) is 0 Å². The molecule has 0 spiro atoms. The SMILES string of the molecule is COc1cc(CON)ccc1OC1CCC1. The fourth-order valence-corrected chi connectivity index (χ4v) is 1.66. The van der Waals surface area contributed by atoms with Crippen LogP contribution in [0, 0.1) is 0 Å². The Labute approximate surface area is 95.2 Å². The van der Waals surface area contributed by atoms with Crippen molar-refractivity contribution >= 4 is 0 Å². The topological polar surface area (TPSA) is 53.7 Å². The number of hydrogen-bond acceptors (Lipinski definition) is 4. The van der Waals surface area contributed by atoms with E-state index in [9.17, 15) is 0 Å². The minimum Gasteiger partial charge on any atom is -0.493 e. The lowest BCUT2D eigenvalue weighted by Crippen LogP contribution is -2.24. The van der Waals surface area contributed by atoms with Crippen LogP contribution in [0.1, 0.15) is 24.8 Å². The average Bonchev–Trinajstić information content (AvgIpc) is 2.25. The van der Waals surface area contributed by atoms with Crippen molar-refractivity contribution in [2.75, 3.05) is 7.11 Å². The highest BCUT2D eigenvalue weighted by Crippen LogP contribution is 2.33. The average molecular weight is 223 g/mol. The Morgan fingerprint density at radius 2 is 2.12 bits per heavy atom. The molecule has 0 heterocycles. The van der Waals surface area contributed by atoms with Crippen molar-refractivity contribution in [1.82, 2.24) is 0 Å². The molecule has 0 aliphatic heterocycles. The van der Waals surface area contributed by atoms with Crippen LogP contribution in [0.3, 0.4) is 0 Å². The highest BCUT2D eigenvalue weighted by Gasteiger charge is 2.20. The zero-order chi connectivity index (χ0) is 11.4. The first kappa shape index (κ1) is 11.2. The molecule has 1 aliphatic rings. The number of nitrogens with two attached hydrogens (primary N) is 1. The summed E-state index contributed by atoms with van der Waals surface area (Å²) in [6.45, 7) is 0.375. The van der Waals surface area contributed by atoms with E-state index in [1.165, 1.54) is 6.42 Å². The molecule has 88 valence electrons. The van der Waals surface area contributed by atoms with Gasteiger partial charge in [0.25, 0.3) is 0 Å². The molecule has 1 aromatic carbocycles. The van der Waals surface area contributed by atoms with Crippen molar-refractivity contribution in [3.05, 3.63) is 23.8 Å². The monoisotopic (exact) mass is 223 g/mol. The van der Waals surface area contributed by atoms with E-state index >= 15 is 0 Å². The summed E-state index contributed by atoms with van der Waals surface area (Å²) in [6, 6.07) is 5.73. The smallest absolute Gasteiger partial charge is 0.161 e. The van der Waals surface area contributed by atoms with Crippen LogP contribution in [0.15, 0.2) is 18.2 Å². The van der Waals surface area contributed by atoms with Gasteiger partial charge in [-0.1, -0.05) is 6.07 Å². The maximum Gasteiger partial charge on any atom is 0.161 e. The molecule has 4 heteroatoms. The van der Waals surface area contributed by atoms with Gasteiger partial charge in [0.2, 0.25) is 0 Å². The van der Waals surface area contributed by atoms with Crippen molar-refractivity contribution in [3.8, 4) is 11.5 Å². The van der Waals surface area contributed by atoms with Gasteiger partial charge < -0.3 is 9.47 Å². The Balaban J connectivity index is 2.10. The Hall–Kier alpha value is -1.26. The number of rotatable bonds is 5. The van der Waals surface area contributed by atoms with Crippen LogP contribution in [0.4, 0.5) is 0 Å². The number of hydrogen-bond donors (Lipinski definition) is 1. The van der Waals surface area contributed by atoms with E-state index in [1.54, 1.807) is 7.11 Å². The summed E-state index contributed by atoms with van der Waals surface area (Å²) in [7, 11) is 1.63. The largest absolute Gasteiger partial charge is 0.493 e. The standard InChI is InChI=1S/C12H17NO3/c1-14-12-7-9(8-15-13)5-6-11(12)16-10-3-2-4-10/h5-7,10H,2-4,8,13H2,1H3. The van der Waals surface area contributed by atoms with Gasteiger partial charge in [0.05, 0.1) is 19.8 Å². The first-order chi connectivity index (χ1) is 7.83. The maximum atomic E-state index is 5.81. The minimum absolute atomic E-state index is 0.352. The summed E-state index contributed by atoms with van der Waals surface area (Å²) in [6.07, 6.45) is 3.88. The zero-order valence-corrected chi connectivity index (χ0v) is 9.44. The molecule has 0 atom stereocenters. The van der Waals surface area contributed by atoms with Gasteiger partial charge in [-0.05, 0) is 37.0 Å². The molecule has 1 saturated carbocycles. The summed E-state index contributed by atoms with van der Waals surface area (Å²) < 4.78 is 11.1. The van der Waals surface area contributed by atoms with Gasteiger partial charge in [-0.15, -0.1) is 0 Å². The Bertz CT molecular complexity index is 350.